The van der Waals surface area contributed by atoms with Gasteiger partial charge in [0, 0.05) is 29.6 Å². The molecular formula is C18H37NNaO3. The predicted molar refractivity (Wildman–Crippen MR) is 98.2 cm³/mol. The van der Waals surface area contributed by atoms with Crippen LogP contribution in [0, 0.1) is 10.1 Å². The van der Waals surface area contributed by atoms with E-state index in [0.29, 0.717) is 0 Å². The van der Waals surface area contributed by atoms with Gasteiger partial charge in [-0.3, -0.25) is 0 Å². The molecule has 0 aliphatic rings. The third-order valence-electron chi connectivity index (χ3n) is 4.19. The van der Waals surface area contributed by atoms with Crippen LogP contribution < -0.4 is 0 Å². The van der Waals surface area contributed by atoms with Gasteiger partial charge in [-0.05, 0) is 6.42 Å². The Labute approximate surface area is 165 Å². The molecule has 0 aliphatic heterocycles. The van der Waals surface area contributed by atoms with Crippen molar-refractivity contribution < 1.29 is 9.92 Å². The SMILES string of the molecule is CCCCCCCCCCCCCCCCCCO[N+](=O)[O-].[Na]. The first kappa shape index (κ1) is 25.4. The molecule has 0 aromatic rings. The van der Waals surface area contributed by atoms with E-state index in [2.05, 4.69) is 11.8 Å². The van der Waals surface area contributed by atoms with Gasteiger partial charge in [-0.15, -0.1) is 10.1 Å². The van der Waals surface area contributed by atoms with Crippen LogP contribution in [0.25, 0.3) is 0 Å². The zero-order valence-corrected chi connectivity index (χ0v) is 17.7. The van der Waals surface area contributed by atoms with E-state index in [1.165, 1.54) is 89.9 Å². The van der Waals surface area contributed by atoms with Gasteiger partial charge in [0.2, 0.25) is 0 Å². The van der Waals surface area contributed by atoms with E-state index >= 15 is 0 Å². The van der Waals surface area contributed by atoms with Gasteiger partial charge in [-0.2, -0.15) is 0 Å². The van der Waals surface area contributed by atoms with Crippen LogP contribution in [0.15, 0.2) is 0 Å². The van der Waals surface area contributed by atoms with Gasteiger partial charge in [-0.1, -0.05) is 103 Å². The van der Waals surface area contributed by atoms with Gasteiger partial charge in [-0.25, -0.2) is 0 Å². The molecule has 0 aliphatic carbocycles. The molecule has 0 bridgehead atoms. The Balaban J connectivity index is 0. The molecule has 0 N–H and O–H groups in total. The van der Waals surface area contributed by atoms with Crippen LogP contribution in [0.1, 0.15) is 110 Å². The second kappa shape index (κ2) is 22.2. The van der Waals surface area contributed by atoms with E-state index < -0.39 is 5.09 Å². The fourth-order valence-electron chi connectivity index (χ4n) is 2.79. The minimum atomic E-state index is -0.703. The van der Waals surface area contributed by atoms with Crippen molar-refractivity contribution in [2.75, 3.05) is 6.61 Å². The van der Waals surface area contributed by atoms with Crippen LogP contribution in [-0.4, -0.2) is 41.3 Å². The summed E-state index contributed by atoms with van der Waals surface area (Å²) in [7, 11) is 0. The average molecular weight is 338 g/mol. The first-order valence-electron chi connectivity index (χ1n) is 9.54. The van der Waals surface area contributed by atoms with Crippen LogP contribution in [0.2, 0.25) is 0 Å². The van der Waals surface area contributed by atoms with Gasteiger partial charge >= 0.3 is 0 Å². The van der Waals surface area contributed by atoms with Crippen LogP contribution in [0.5, 0.6) is 0 Å². The van der Waals surface area contributed by atoms with E-state index in [9.17, 15) is 10.1 Å². The van der Waals surface area contributed by atoms with Crippen molar-refractivity contribution in [1.82, 2.24) is 0 Å². The van der Waals surface area contributed by atoms with E-state index in [1.807, 2.05) is 0 Å². The third kappa shape index (κ3) is 24.6. The van der Waals surface area contributed by atoms with Crippen molar-refractivity contribution in [2.45, 2.75) is 110 Å². The quantitative estimate of drug-likeness (QED) is 0.132. The monoisotopic (exact) mass is 338 g/mol. The molecule has 0 spiro atoms. The molecule has 133 valence electrons. The number of nitrogens with zero attached hydrogens (tertiary/aromatic N) is 1. The standard InChI is InChI=1S/C18H37NO3.Na/c1-2-3-4-5-6-7-8-9-10-11-12-13-14-15-16-17-18-22-19(20)21;/h2-18H2,1H3;. The fourth-order valence-corrected chi connectivity index (χ4v) is 2.79. The molecule has 0 rings (SSSR count). The maximum Gasteiger partial charge on any atom is 0.294 e. The number of rotatable bonds is 18. The van der Waals surface area contributed by atoms with Gasteiger partial charge in [0.1, 0.15) is 0 Å². The Hall–Kier alpha value is 0.200. The van der Waals surface area contributed by atoms with E-state index in [4.69, 9.17) is 0 Å². The summed E-state index contributed by atoms with van der Waals surface area (Å²) in [6.45, 7) is 2.52. The molecule has 0 fully saturated rings. The molecule has 23 heavy (non-hydrogen) atoms. The normalized spacial score (nSPS) is 10.3. The topological polar surface area (TPSA) is 52.4 Å². The maximum atomic E-state index is 9.94. The zero-order chi connectivity index (χ0) is 16.3. The van der Waals surface area contributed by atoms with Gasteiger partial charge in [0.15, 0.2) is 0 Å². The third-order valence-corrected chi connectivity index (χ3v) is 4.19. The maximum absolute atomic E-state index is 9.94. The largest absolute Gasteiger partial charge is 0.314 e. The first-order chi connectivity index (χ1) is 10.8. The van der Waals surface area contributed by atoms with Crippen molar-refractivity contribution in [2.24, 2.45) is 0 Å². The Bertz CT molecular complexity index is 240. The number of hydrogen-bond donors (Lipinski definition) is 0. The Kier molecular flexibility index (Phi) is 24.6. The van der Waals surface area contributed by atoms with Crippen LogP contribution in [0.4, 0.5) is 0 Å². The van der Waals surface area contributed by atoms with Gasteiger partial charge < -0.3 is 4.84 Å². The van der Waals surface area contributed by atoms with Crippen molar-refractivity contribution in [3.05, 3.63) is 10.1 Å². The molecular weight excluding hydrogens is 301 g/mol. The molecule has 5 heteroatoms. The van der Waals surface area contributed by atoms with Crippen molar-refractivity contribution in [1.29, 1.82) is 0 Å². The summed E-state index contributed by atoms with van der Waals surface area (Å²) in [6.07, 6.45) is 21.0. The van der Waals surface area contributed by atoms with Gasteiger partial charge in [0.05, 0.1) is 6.61 Å². The van der Waals surface area contributed by atoms with Crippen molar-refractivity contribution >= 4 is 29.6 Å². The molecule has 0 aromatic heterocycles. The Morgan fingerprint density at radius 3 is 1.26 bits per heavy atom. The van der Waals surface area contributed by atoms with E-state index in [1.54, 1.807) is 0 Å². The summed E-state index contributed by atoms with van der Waals surface area (Å²) < 4.78 is 0. The molecule has 0 aromatic carbocycles. The molecule has 1 radical (unpaired) electrons. The second-order valence-corrected chi connectivity index (χ2v) is 6.36. The van der Waals surface area contributed by atoms with E-state index in [-0.39, 0.29) is 36.2 Å². The summed E-state index contributed by atoms with van der Waals surface area (Å²) in [4.78, 5) is 14.2. The summed E-state index contributed by atoms with van der Waals surface area (Å²) in [5.41, 5.74) is 0. The molecule has 0 amide bonds. The second-order valence-electron chi connectivity index (χ2n) is 6.36. The average Bonchev–Trinajstić information content (AvgIpc) is 2.50. The minimum Gasteiger partial charge on any atom is -0.314 e. The predicted octanol–water partition coefficient (Wildman–Crippen LogP) is 6.08. The van der Waals surface area contributed by atoms with E-state index in [0.717, 1.165) is 12.8 Å². The molecule has 0 saturated heterocycles. The Morgan fingerprint density at radius 2 is 0.957 bits per heavy atom. The fraction of sp³-hybridized carbons (Fsp3) is 1.00. The Morgan fingerprint density at radius 1 is 0.652 bits per heavy atom. The molecule has 4 nitrogen and oxygen atoms in total. The van der Waals surface area contributed by atoms with Crippen LogP contribution >= 0.6 is 0 Å². The summed E-state index contributed by atoms with van der Waals surface area (Å²) in [5.74, 6) is 0. The smallest absolute Gasteiger partial charge is 0.294 e. The molecule has 0 saturated carbocycles. The molecule has 0 unspecified atom stereocenters. The van der Waals surface area contributed by atoms with Crippen LogP contribution in [-0.2, 0) is 4.84 Å². The summed E-state index contributed by atoms with van der Waals surface area (Å²) in [5, 5.41) is 9.24. The number of hydrogen-bond acceptors (Lipinski definition) is 3. The van der Waals surface area contributed by atoms with Crippen LogP contribution in [0.3, 0.4) is 0 Å². The zero-order valence-electron chi connectivity index (χ0n) is 15.7. The minimum absolute atomic E-state index is 0. The van der Waals surface area contributed by atoms with Crippen molar-refractivity contribution in [3.63, 3.8) is 0 Å². The molecule has 0 heterocycles. The van der Waals surface area contributed by atoms with Crippen molar-refractivity contribution in [3.8, 4) is 0 Å². The summed E-state index contributed by atoms with van der Waals surface area (Å²) in [6, 6.07) is 0. The number of unbranched alkanes of at least 4 members (excludes halogenated alkanes) is 15. The van der Waals surface area contributed by atoms with Gasteiger partial charge in [0.25, 0.3) is 5.09 Å². The molecule has 0 atom stereocenters. The summed E-state index contributed by atoms with van der Waals surface area (Å²) >= 11 is 0. The first-order valence-corrected chi connectivity index (χ1v) is 9.54.